The number of aromatic nitrogens is 1. The molecule has 0 fully saturated rings. The average molecular weight is 349 g/mol. The highest BCUT2D eigenvalue weighted by atomic mass is 79.9. The van der Waals surface area contributed by atoms with Gasteiger partial charge in [0.15, 0.2) is 5.78 Å². The van der Waals surface area contributed by atoms with E-state index >= 15 is 0 Å². The molecule has 0 saturated carbocycles. The first kappa shape index (κ1) is 14.6. The number of hydrogen-bond acceptors (Lipinski definition) is 2. The molecule has 0 aliphatic rings. The molecule has 7 heteroatoms. The van der Waals surface area contributed by atoms with Gasteiger partial charge in [-0.3, -0.25) is 9.78 Å². The van der Waals surface area contributed by atoms with E-state index in [1.165, 1.54) is 0 Å². The molecular formula is C8H6Br2F3NO. The van der Waals surface area contributed by atoms with Crippen LogP contribution in [0, 0.1) is 0 Å². The standard InChI is InChI=1S/C8H5BrF3NO.BrH/c9-3-6(14)5-1-2-7(13-4-5)8(10,11)12;/h1-2,4H,3H2;1H. The van der Waals surface area contributed by atoms with Gasteiger partial charge in [0.05, 0.1) is 5.33 Å². The maximum absolute atomic E-state index is 12.0. The fourth-order valence-corrected chi connectivity index (χ4v) is 1.13. The lowest BCUT2D eigenvalue weighted by Gasteiger charge is -2.05. The van der Waals surface area contributed by atoms with Crippen LogP contribution in [-0.2, 0) is 6.18 Å². The largest absolute Gasteiger partial charge is 0.433 e. The lowest BCUT2D eigenvalue weighted by molar-refractivity contribution is -0.141. The van der Waals surface area contributed by atoms with Gasteiger partial charge in [-0.15, -0.1) is 17.0 Å². The molecule has 1 aromatic rings. The van der Waals surface area contributed by atoms with Crippen molar-refractivity contribution in [2.75, 3.05) is 5.33 Å². The van der Waals surface area contributed by atoms with E-state index < -0.39 is 11.9 Å². The Balaban J connectivity index is 0.00000196. The molecule has 0 unspecified atom stereocenters. The molecule has 84 valence electrons. The Kier molecular flexibility index (Phi) is 5.44. The molecule has 0 aromatic carbocycles. The summed E-state index contributed by atoms with van der Waals surface area (Å²) in [5.74, 6) is -0.300. The highest BCUT2D eigenvalue weighted by Crippen LogP contribution is 2.27. The number of carbonyl (C=O) groups is 1. The predicted molar refractivity (Wildman–Crippen MR) is 57.7 cm³/mol. The Hall–Kier alpha value is -0.430. The van der Waals surface area contributed by atoms with Gasteiger partial charge in [-0.2, -0.15) is 13.2 Å². The summed E-state index contributed by atoms with van der Waals surface area (Å²) in [5.41, 5.74) is -0.835. The molecule has 0 aliphatic heterocycles. The summed E-state index contributed by atoms with van der Waals surface area (Å²) >= 11 is 2.91. The minimum absolute atomic E-state index is 0. The van der Waals surface area contributed by atoms with Crippen molar-refractivity contribution in [1.29, 1.82) is 0 Å². The molecule has 1 rings (SSSR count). The van der Waals surface area contributed by atoms with Crippen LogP contribution in [-0.4, -0.2) is 16.1 Å². The average Bonchev–Trinajstić information content (AvgIpc) is 2.15. The number of Topliss-reactive ketones (excluding diaryl/α,β-unsaturated/α-hetero) is 1. The molecule has 0 saturated heterocycles. The number of nitrogens with zero attached hydrogens (tertiary/aromatic N) is 1. The number of ketones is 1. The number of rotatable bonds is 2. The Bertz CT molecular complexity index is 337. The van der Waals surface area contributed by atoms with Crippen molar-refractivity contribution >= 4 is 38.7 Å². The second kappa shape index (κ2) is 5.60. The fraction of sp³-hybridized carbons (Fsp3) is 0.250. The van der Waals surface area contributed by atoms with Gasteiger partial charge in [0.2, 0.25) is 0 Å². The van der Waals surface area contributed by atoms with E-state index in [0.29, 0.717) is 0 Å². The van der Waals surface area contributed by atoms with Crippen molar-refractivity contribution in [3.8, 4) is 0 Å². The summed E-state index contributed by atoms with van der Waals surface area (Å²) in [5, 5.41) is 0.0695. The molecule has 0 radical (unpaired) electrons. The molecule has 1 heterocycles. The summed E-state index contributed by atoms with van der Waals surface area (Å²) in [7, 11) is 0. The van der Waals surface area contributed by atoms with E-state index in [1.54, 1.807) is 0 Å². The van der Waals surface area contributed by atoms with Crippen LogP contribution in [0.4, 0.5) is 13.2 Å². The highest BCUT2D eigenvalue weighted by Gasteiger charge is 2.32. The zero-order chi connectivity index (χ0) is 10.8. The van der Waals surface area contributed by atoms with Crippen molar-refractivity contribution < 1.29 is 18.0 Å². The van der Waals surface area contributed by atoms with Gasteiger partial charge in [-0.25, -0.2) is 0 Å². The highest BCUT2D eigenvalue weighted by molar-refractivity contribution is 9.09. The van der Waals surface area contributed by atoms with Gasteiger partial charge in [0, 0.05) is 11.8 Å². The topological polar surface area (TPSA) is 30.0 Å². The van der Waals surface area contributed by atoms with Gasteiger partial charge in [-0.05, 0) is 12.1 Å². The van der Waals surface area contributed by atoms with E-state index in [2.05, 4.69) is 20.9 Å². The van der Waals surface area contributed by atoms with Crippen LogP contribution >= 0.6 is 32.9 Å². The SMILES string of the molecule is Br.O=C(CBr)c1ccc(C(F)(F)F)nc1. The number of alkyl halides is 4. The maximum Gasteiger partial charge on any atom is 0.433 e. The Morgan fingerprint density at radius 1 is 1.40 bits per heavy atom. The van der Waals surface area contributed by atoms with Crippen molar-refractivity contribution in [1.82, 2.24) is 4.98 Å². The third-order valence-electron chi connectivity index (χ3n) is 1.50. The van der Waals surface area contributed by atoms with Crippen molar-refractivity contribution in [3.63, 3.8) is 0 Å². The van der Waals surface area contributed by atoms with Crippen molar-refractivity contribution in [2.45, 2.75) is 6.18 Å². The zero-order valence-electron chi connectivity index (χ0n) is 7.21. The number of hydrogen-bond donors (Lipinski definition) is 0. The van der Waals surface area contributed by atoms with Gasteiger partial charge in [0.1, 0.15) is 5.69 Å². The Morgan fingerprint density at radius 3 is 2.33 bits per heavy atom. The first-order valence-electron chi connectivity index (χ1n) is 3.57. The fourth-order valence-electron chi connectivity index (χ4n) is 0.804. The molecule has 0 bridgehead atoms. The third kappa shape index (κ3) is 3.90. The molecule has 0 aliphatic carbocycles. The normalized spacial score (nSPS) is 10.7. The summed E-state index contributed by atoms with van der Waals surface area (Å²) in [6, 6.07) is 1.90. The quantitative estimate of drug-likeness (QED) is 0.606. The van der Waals surface area contributed by atoms with E-state index in [4.69, 9.17) is 0 Å². The first-order valence-corrected chi connectivity index (χ1v) is 4.69. The molecular weight excluding hydrogens is 343 g/mol. The van der Waals surface area contributed by atoms with Crippen molar-refractivity contribution in [3.05, 3.63) is 29.6 Å². The predicted octanol–water partition coefficient (Wildman–Crippen LogP) is 3.26. The van der Waals surface area contributed by atoms with Crippen LogP contribution in [0.2, 0.25) is 0 Å². The lowest BCUT2D eigenvalue weighted by atomic mass is 10.2. The molecule has 0 N–H and O–H groups in total. The minimum atomic E-state index is -4.46. The van der Waals surface area contributed by atoms with E-state index in [9.17, 15) is 18.0 Å². The summed E-state index contributed by atoms with van der Waals surface area (Å²) in [6.45, 7) is 0. The smallest absolute Gasteiger partial charge is 0.293 e. The van der Waals surface area contributed by atoms with Crippen LogP contribution in [0.25, 0.3) is 0 Å². The van der Waals surface area contributed by atoms with Crippen molar-refractivity contribution in [2.24, 2.45) is 0 Å². The molecule has 1 aromatic heterocycles. The van der Waals surface area contributed by atoms with Gasteiger partial charge >= 0.3 is 6.18 Å². The number of carbonyl (C=O) groups excluding carboxylic acids is 1. The first-order chi connectivity index (χ1) is 6.45. The summed E-state index contributed by atoms with van der Waals surface area (Å²) < 4.78 is 36.1. The Labute approximate surface area is 103 Å². The van der Waals surface area contributed by atoms with E-state index in [1.807, 2.05) is 0 Å². The number of halogens is 5. The zero-order valence-corrected chi connectivity index (χ0v) is 10.5. The van der Waals surface area contributed by atoms with E-state index in [-0.39, 0.29) is 33.7 Å². The Morgan fingerprint density at radius 2 is 2.00 bits per heavy atom. The minimum Gasteiger partial charge on any atom is -0.293 e. The molecule has 2 nitrogen and oxygen atoms in total. The van der Waals surface area contributed by atoms with Crippen LogP contribution in [0.5, 0.6) is 0 Å². The van der Waals surface area contributed by atoms with Crippen LogP contribution in [0.15, 0.2) is 18.3 Å². The van der Waals surface area contributed by atoms with Crippen LogP contribution < -0.4 is 0 Å². The lowest BCUT2D eigenvalue weighted by Crippen LogP contribution is -2.09. The van der Waals surface area contributed by atoms with Gasteiger partial charge < -0.3 is 0 Å². The van der Waals surface area contributed by atoms with Crippen LogP contribution in [0.3, 0.4) is 0 Å². The molecule has 0 amide bonds. The van der Waals surface area contributed by atoms with Gasteiger partial charge in [-0.1, -0.05) is 15.9 Å². The number of pyridine rings is 1. The second-order valence-corrected chi connectivity index (χ2v) is 3.05. The summed E-state index contributed by atoms with van der Waals surface area (Å²) in [4.78, 5) is 14.2. The third-order valence-corrected chi connectivity index (χ3v) is 2.01. The molecule has 0 atom stereocenters. The monoisotopic (exact) mass is 347 g/mol. The van der Waals surface area contributed by atoms with Gasteiger partial charge in [0.25, 0.3) is 0 Å². The molecule has 0 spiro atoms. The molecule has 15 heavy (non-hydrogen) atoms. The second-order valence-electron chi connectivity index (χ2n) is 2.49. The van der Waals surface area contributed by atoms with Crippen LogP contribution in [0.1, 0.15) is 16.1 Å². The van der Waals surface area contributed by atoms with E-state index in [0.717, 1.165) is 18.3 Å². The summed E-state index contributed by atoms with van der Waals surface area (Å²) in [6.07, 6.45) is -3.54. The maximum atomic E-state index is 12.0.